The van der Waals surface area contributed by atoms with Crippen LogP contribution in [0.3, 0.4) is 0 Å². The van der Waals surface area contributed by atoms with Crippen LogP contribution in [0, 0.1) is 0 Å². The summed E-state index contributed by atoms with van der Waals surface area (Å²) >= 11 is 0. The normalized spacial score (nSPS) is 19.8. The maximum atomic E-state index is 12.5. The lowest BCUT2D eigenvalue weighted by Gasteiger charge is -2.40. The molecule has 2 aromatic rings. The number of hydrogen-bond donors (Lipinski definition) is 0. The zero-order valence-corrected chi connectivity index (χ0v) is 25.2. The summed E-state index contributed by atoms with van der Waals surface area (Å²) in [5, 5.41) is 2.86. The molecule has 0 atom stereocenters. The van der Waals surface area contributed by atoms with Crippen molar-refractivity contribution in [2.45, 2.75) is 85.2 Å². The molecule has 0 saturated carbocycles. The average molecular weight is 491 g/mol. The van der Waals surface area contributed by atoms with Gasteiger partial charge in [0.1, 0.15) is 0 Å². The van der Waals surface area contributed by atoms with Crippen LogP contribution in [0.25, 0.3) is 17.2 Å². The summed E-state index contributed by atoms with van der Waals surface area (Å²) in [5.74, 6) is -0.501. The molecule has 0 spiro atoms. The predicted molar refractivity (Wildman–Crippen MR) is 152 cm³/mol. The molecule has 1 heterocycles. The van der Waals surface area contributed by atoms with Gasteiger partial charge in [-0.05, 0) is 52.1 Å². The van der Waals surface area contributed by atoms with E-state index in [1.165, 1.54) is 43.8 Å². The molecule has 2 aromatic carbocycles. The molecule has 0 unspecified atom stereocenters. The monoisotopic (exact) mass is 490 g/mol. The Balaban J connectivity index is 2.13. The Labute approximate surface area is 203 Å². The lowest BCUT2D eigenvalue weighted by molar-refractivity contribution is 0.0993. The molecule has 1 radical (unpaired) electrons. The number of nitrogens with one attached hydrogen (secondary N) is 1. The van der Waals surface area contributed by atoms with E-state index in [9.17, 15) is 4.79 Å². The molecule has 0 bridgehead atoms. The molecule has 4 rings (SSSR count). The molecule has 2 aliphatic rings. The minimum absolute atomic E-state index is 0.0713. The highest BCUT2D eigenvalue weighted by Gasteiger charge is 2.62. The Kier molecular flexibility index (Phi) is 5.48. The van der Waals surface area contributed by atoms with Crippen LogP contribution in [-0.4, -0.2) is 28.2 Å². The maximum Gasteiger partial charge on any atom is 0.269 e. The molecule has 2 nitrogen and oxygen atoms in total. The summed E-state index contributed by atoms with van der Waals surface area (Å²) < 4.78 is 0. The highest BCUT2D eigenvalue weighted by atomic mass is 29.6. The molecular weight excluding hydrogens is 451 g/mol. The van der Waals surface area contributed by atoms with Crippen molar-refractivity contribution in [1.82, 2.24) is 5.73 Å². The van der Waals surface area contributed by atoms with Crippen molar-refractivity contribution >= 4 is 44.6 Å². The summed E-state index contributed by atoms with van der Waals surface area (Å²) in [6, 6.07) is 9.07. The predicted octanol–water partition coefficient (Wildman–Crippen LogP) is 6.13. The summed E-state index contributed by atoms with van der Waals surface area (Å²) in [6.45, 7) is 24.4. The van der Waals surface area contributed by atoms with Gasteiger partial charge in [-0.15, -0.1) is 0 Å². The number of carbonyl (C=O) groups is 1. The van der Waals surface area contributed by atoms with Crippen molar-refractivity contribution in [3.63, 3.8) is 0 Å². The summed E-state index contributed by atoms with van der Waals surface area (Å²) in [4.78, 5) is 12.5. The lowest BCUT2D eigenvalue weighted by Crippen LogP contribution is -2.68. The van der Waals surface area contributed by atoms with Crippen LogP contribution in [0.15, 0.2) is 29.8 Å². The number of carbonyl (C=O) groups excluding carboxylic acids is 1. The largest absolute Gasteiger partial charge is 0.269 e. The average Bonchev–Trinajstić information content (AvgIpc) is 3.17. The van der Waals surface area contributed by atoms with E-state index in [1.807, 2.05) is 6.07 Å². The molecular formula is C28H40NOSi3. The second-order valence-electron chi connectivity index (χ2n) is 12.8. The van der Waals surface area contributed by atoms with Crippen LogP contribution < -0.4 is 16.1 Å². The van der Waals surface area contributed by atoms with Gasteiger partial charge in [0, 0.05) is 12.7 Å². The molecule has 0 fully saturated rings. The van der Waals surface area contributed by atoms with Gasteiger partial charge in [0.2, 0.25) is 0 Å². The Morgan fingerprint density at radius 1 is 0.939 bits per heavy atom. The second-order valence-corrected chi connectivity index (χ2v) is 40.0. The van der Waals surface area contributed by atoms with Gasteiger partial charge >= 0.3 is 0 Å². The number of amides is 1. The van der Waals surface area contributed by atoms with Gasteiger partial charge < -0.3 is 0 Å². The van der Waals surface area contributed by atoms with Gasteiger partial charge in [-0.25, -0.2) is 0 Å². The van der Waals surface area contributed by atoms with E-state index in [4.69, 9.17) is 5.73 Å². The van der Waals surface area contributed by atoms with E-state index < -0.39 is 28.2 Å². The Morgan fingerprint density at radius 2 is 1.55 bits per heavy atom. The number of allylic oxidation sites excluding steroid dienone is 1. The number of hydrogen-bond acceptors (Lipinski definition) is 1. The van der Waals surface area contributed by atoms with E-state index in [2.05, 4.69) is 91.3 Å². The first-order valence-corrected chi connectivity index (χ1v) is 23.4. The number of rotatable bonds is 3. The topological polar surface area (TPSA) is 40.9 Å². The minimum Gasteiger partial charge on any atom is -0.267 e. The first kappa shape index (κ1) is 24.4. The smallest absolute Gasteiger partial charge is 0.267 e. The van der Waals surface area contributed by atoms with Gasteiger partial charge in [-0.2, -0.15) is 0 Å². The fourth-order valence-electron chi connectivity index (χ4n) is 6.14. The molecule has 5 heteroatoms. The van der Waals surface area contributed by atoms with E-state index in [0.717, 1.165) is 12.8 Å². The van der Waals surface area contributed by atoms with Gasteiger partial charge in [0.25, 0.3) is 5.91 Å². The van der Waals surface area contributed by atoms with Crippen LogP contribution in [0.2, 0.25) is 39.3 Å². The standard InChI is InChI=1S/C28H40NOSi3/c1-11-18-14-19-16-20(28(2,3)4)17-24(23(19)15-18)21-12-13-22(27(29)30)26-25(21)31(5,6)33(9,10)32(26,7)8/h12-14,16-17,29H,11,15H2,1-10H3. The molecule has 1 aliphatic carbocycles. The van der Waals surface area contributed by atoms with Crippen molar-refractivity contribution in [2.24, 2.45) is 0 Å². The van der Waals surface area contributed by atoms with Gasteiger partial charge in [-0.1, -0.05) is 107 Å². The molecule has 1 N–H and O–H groups in total. The van der Waals surface area contributed by atoms with Crippen molar-refractivity contribution in [3.8, 4) is 11.1 Å². The van der Waals surface area contributed by atoms with Crippen LogP contribution in [0.1, 0.15) is 61.2 Å². The Morgan fingerprint density at radius 3 is 2.09 bits per heavy atom. The summed E-state index contributed by atoms with van der Waals surface area (Å²) in [5.41, 5.74) is 17.3. The quantitative estimate of drug-likeness (QED) is 0.477. The van der Waals surface area contributed by atoms with Crippen molar-refractivity contribution in [3.05, 3.63) is 52.1 Å². The molecule has 175 valence electrons. The van der Waals surface area contributed by atoms with Crippen molar-refractivity contribution in [1.29, 1.82) is 0 Å². The van der Waals surface area contributed by atoms with Crippen LogP contribution in [0.4, 0.5) is 0 Å². The van der Waals surface area contributed by atoms with Crippen molar-refractivity contribution < 1.29 is 4.79 Å². The van der Waals surface area contributed by atoms with Crippen LogP contribution in [0.5, 0.6) is 0 Å². The third-order valence-corrected chi connectivity index (χ3v) is 51.0. The molecule has 0 saturated heterocycles. The Hall–Kier alpha value is -1.70. The maximum absolute atomic E-state index is 12.5. The zero-order chi connectivity index (χ0) is 24.7. The van der Waals surface area contributed by atoms with Crippen LogP contribution >= 0.6 is 0 Å². The highest BCUT2D eigenvalue weighted by Crippen LogP contribution is 2.42. The SMILES string of the molecule is CCC1=Cc2cc(C(C)(C)C)cc(-c3ccc(C([NH])=O)c4c3[Si](C)(C)[Si](C)(C)[Si]4(C)C)c2C1. The second kappa shape index (κ2) is 7.40. The summed E-state index contributed by atoms with van der Waals surface area (Å²) in [7, 11) is -5.26. The zero-order valence-electron chi connectivity index (χ0n) is 22.2. The molecule has 1 amide bonds. The summed E-state index contributed by atoms with van der Waals surface area (Å²) in [6.07, 6.45) is 4.53. The highest BCUT2D eigenvalue weighted by molar-refractivity contribution is 7.76. The third kappa shape index (κ3) is 3.34. The van der Waals surface area contributed by atoms with E-state index in [1.54, 1.807) is 0 Å². The van der Waals surface area contributed by atoms with E-state index in [0.29, 0.717) is 5.56 Å². The third-order valence-electron chi connectivity index (χ3n) is 9.48. The molecule has 33 heavy (non-hydrogen) atoms. The van der Waals surface area contributed by atoms with E-state index in [-0.39, 0.29) is 5.41 Å². The molecule has 0 aromatic heterocycles. The molecule has 1 aliphatic heterocycles. The van der Waals surface area contributed by atoms with Gasteiger partial charge in [0.05, 0.1) is 15.2 Å². The van der Waals surface area contributed by atoms with Gasteiger partial charge in [0.15, 0.2) is 0 Å². The number of fused-ring (bicyclic) bond motifs is 2. The fourth-order valence-corrected chi connectivity index (χ4v) is 41.2. The van der Waals surface area contributed by atoms with Gasteiger partial charge in [-0.3, -0.25) is 10.5 Å². The van der Waals surface area contributed by atoms with Crippen LogP contribution in [-0.2, 0) is 11.8 Å². The fraction of sp³-hybridized carbons (Fsp3) is 0.464. The van der Waals surface area contributed by atoms with Crippen molar-refractivity contribution in [2.75, 3.05) is 0 Å². The minimum atomic E-state index is -1.84. The number of benzene rings is 2. The first-order valence-electron chi connectivity index (χ1n) is 12.4. The first-order chi connectivity index (χ1) is 15.1. The Bertz CT molecular complexity index is 1210. The lowest BCUT2D eigenvalue weighted by atomic mass is 9.82. The van der Waals surface area contributed by atoms with E-state index >= 15 is 0 Å².